The van der Waals surface area contributed by atoms with E-state index >= 15 is 0 Å². The molecule has 1 aliphatic rings. The van der Waals surface area contributed by atoms with Gasteiger partial charge in [0.1, 0.15) is 11.5 Å². The van der Waals surface area contributed by atoms with Crippen LogP contribution in [0, 0.1) is 13.8 Å². The van der Waals surface area contributed by atoms with Crippen LogP contribution in [0.1, 0.15) is 48.0 Å². The Hall–Kier alpha value is -1.50. The van der Waals surface area contributed by atoms with Gasteiger partial charge in [-0.15, -0.1) is 0 Å². The standard InChI is InChI=1S/C17H20O/c1-11-5-7-14-10-17(4,13(3)15(14)9-11)16-8-6-12(2)18-16/h5-9,13H,10H2,1-4H3. The van der Waals surface area contributed by atoms with Crippen molar-refractivity contribution in [1.82, 2.24) is 0 Å². The summed E-state index contributed by atoms with van der Waals surface area (Å²) in [7, 11) is 0. The average molecular weight is 240 g/mol. The van der Waals surface area contributed by atoms with Gasteiger partial charge in [0.2, 0.25) is 0 Å². The fourth-order valence-corrected chi connectivity index (χ4v) is 3.21. The number of benzene rings is 1. The molecular formula is C17H20O. The molecule has 0 saturated carbocycles. The normalized spacial score (nSPS) is 26.3. The van der Waals surface area contributed by atoms with Gasteiger partial charge < -0.3 is 4.42 Å². The third-order valence-corrected chi connectivity index (χ3v) is 4.58. The van der Waals surface area contributed by atoms with Crippen LogP contribution in [0.25, 0.3) is 0 Å². The average Bonchev–Trinajstić information content (AvgIpc) is 2.86. The Morgan fingerprint density at radius 3 is 2.61 bits per heavy atom. The maximum absolute atomic E-state index is 5.90. The lowest BCUT2D eigenvalue weighted by atomic mass is 9.77. The quantitative estimate of drug-likeness (QED) is 0.714. The van der Waals surface area contributed by atoms with E-state index in [1.54, 1.807) is 0 Å². The summed E-state index contributed by atoms with van der Waals surface area (Å²) < 4.78 is 5.90. The van der Waals surface area contributed by atoms with Crippen LogP contribution in [-0.2, 0) is 11.8 Å². The predicted octanol–water partition coefficient (Wildman–Crippen LogP) is 4.51. The molecule has 18 heavy (non-hydrogen) atoms. The second-order valence-electron chi connectivity index (χ2n) is 5.93. The SMILES string of the molecule is Cc1ccc2c(c1)C(C)C(C)(c1ccc(C)o1)C2. The molecule has 0 fully saturated rings. The molecule has 2 unspecified atom stereocenters. The number of hydrogen-bond acceptors (Lipinski definition) is 1. The van der Waals surface area contributed by atoms with Crippen LogP contribution in [0.3, 0.4) is 0 Å². The molecule has 0 bridgehead atoms. The van der Waals surface area contributed by atoms with Gasteiger partial charge >= 0.3 is 0 Å². The topological polar surface area (TPSA) is 13.1 Å². The minimum atomic E-state index is 0.102. The van der Waals surface area contributed by atoms with Gasteiger partial charge in [-0.2, -0.15) is 0 Å². The first kappa shape index (κ1) is 11.6. The summed E-state index contributed by atoms with van der Waals surface area (Å²) in [6, 6.07) is 11.0. The Bertz CT molecular complexity index is 593. The maximum Gasteiger partial charge on any atom is 0.110 e. The van der Waals surface area contributed by atoms with Gasteiger partial charge in [0.25, 0.3) is 0 Å². The molecule has 0 radical (unpaired) electrons. The van der Waals surface area contributed by atoms with Crippen molar-refractivity contribution < 1.29 is 4.42 Å². The predicted molar refractivity (Wildman–Crippen MR) is 74.1 cm³/mol. The van der Waals surface area contributed by atoms with Crippen LogP contribution in [0.15, 0.2) is 34.7 Å². The summed E-state index contributed by atoms with van der Waals surface area (Å²) in [6.45, 7) is 8.83. The molecule has 2 atom stereocenters. The molecule has 1 aliphatic carbocycles. The highest BCUT2D eigenvalue weighted by atomic mass is 16.3. The minimum absolute atomic E-state index is 0.102. The lowest BCUT2D eigenvalue weighted by Gasteiger charge is -2.27. The van der Waals surface area contributed by atoms with E-state index < -0.39 is 0 Å². The lowest BCUT2D eigenvalue weighted by molar-refractivity contribution is 0.327. The summed E-state index contributed by atoms with van der Waals surface area (Å²) in [6.07, 6.45) is 1.08. The van der Waals surface area contributed by atoms with Crippen LogP contribution in [0.5, 0.6) is 0 Å². The van der Waals surface area contributed by atoms with E-state index in [2.05, 4.69) is 51.1 Å². The number of hydrogen-bond donors (Lipinski definition) is 0. The van der Waals surface area contributed by atoms with Gasteiger partial charge in [0.15, 0.2) is 0 Å². The first-order valence-electron chi connectivity index (χ1n) is 6.67. The van der Waals surface area contributed by atoms with Crippen molar-refractivity contribution >= 4 is 0 Å². The second kappa shape index (κ2) is 3.74. The Morgan fingerprint density at radius 1 is 1.17 bits per heavy atom. The van der Waals surface area contributed by atoms with Crippen LogP contribution in [0.4, 0.5) is 0 Å². The summed E-state index contributed by atoms with van der Waals surface area (Å²) in [5.74, 6) is 2.64. The fraction of sp³-hybridized carbons (Fsp3) is 0.412. The fourth-order valence-electron chi connectivity index (χ4n) is 3.21. The van der Waals surface area contributed by atoms with E-state index in [-0.39, 0.29) is 5.41 Å². The van der Waals surface area contributed by atoms with Crippen molar-refractivity contribution in [3.05, 3.63) is 58.5 Å². The van der Waals surface area contributed by atoms with Crippen molar-refractivity contribution in [2.75, 3.05) is 0 Å². The Labute approximate surface area is 109 Å². The van der Waals surface area contributed by atoms with E-state index in [1.807, 2.05) is 6.92 Å². The Kier molecular flexibility index (Phi) is 2.41. The molecule has 0 amide bonds. The maximum atomic E-state index is 5.90. The van der Waals surface area contributed by atoms with Crippen LogP contribution >= 0.6 is 0 Å². The summed E-state index contributed by atoms with van der Waals surface area (Å²) in [5, 5.41) is 0. The molecule has 1 aromatic heterocycles. The second-order valence-corrected chi connectivity index (χ2v) is 5.93. The highest BCUT2D eigenvalue weighted by Crippen LogP contribution is 2.49. The van der Waals surface area contributed by atoms with E-state index in [0.717, 1.165) is 17.9 Å². The van der Waals surface area contributed by atoms with Gasteiger partial charge in [-0.05, 0) is 49.4 Å². The summed E-state index contributed by atoms with van der Waals surface area (Å²) >= 11 is 0. The molecule has 0 spiro atoms. The zero-order valence-electron chi connectivity index (χ0n) is 11.6. The molecule has 3 rings (SSSR count). The molecule has 0 saturated heterocycles. The van der Waals surface area contributed by atoms with E-state index in [1.165, 1.54) is 16.7 Å². The minimum Gasteiger partial charge on any atom is -0.466 e. The van der Waals surface area contributed by atoms with E-state index in [0.29, 0.717) is 5.92 Å². The number of aryl methyl sites for hydroxylation is 2. The Balaban J connectivity index is 2.08. The van der Waals surface area contributed by atoms with Crippen LogP contribution in [0.2, 0.25) is 0 Å². The summed E-state index contributed by atoms with van der Waals surface area (Å²) in [5.41, 5.74) is 4.42. The largest absolute Gasteiger partial charge is 0.466 e. The monoisotopic (exact) mass is 240 g/mol. The first-order valence-corrected chi connectivity index (χ1v) is 6.67. The van der Waals surface area contributed by atoms with Crippen molar-refractivity contribution in [2.45, 2.75) is 45.4 Å². The van der Waals surface area contributed by atoms with Gasteiger partial charge in [0, 0.05) is 5.41 Å². The first-order chi connectivity index (χ1) is 8.50. The van der Waals surface area contributed by atoms with Gasteiger partial charge in [-0.25, -0.2) is 0 Å². The van der Waals surface area contributed by atoms with Gasteiger partial charge in [-0.1, -0.05) is 37.6 Å². The van der Waals surface area contributed by atoms with Gasteiger partial charge in [0.05, 0.1) is 0 Å². The van der Waals surface area contributed by atoms with Crippen LogP contribution < -0.4 is 0 Å². The van der Waals surface area contributed by atoms with Crippen molar-refractivity contribution in [3.8, 4) is 0 Å². The molecule has 1 heterocycles. The Morgan fingerprint density at radius 2 is 1.94 bits per heavy atom. The van der Waals surface area contributed by atoms with Gasteiger partial charge in [-0.3, -0.25) is 0 Å². The number of rotatable bonds is 1. The molecule has 0 N–H and O–H groups in total. The smallest absolute Gasteiger partial charge is 0.110 e. The third-order valence-electron chi connectivity index (χ3n) is 4.58. The van der Waals surface area contributed by atoms with Crippen molar-refractivity contribution in [1.29, 1.82) is 0 Å². The third kappa shape index (κ3) is 1.53. The van der Waals surface area contributed by atoms with Crippen molar-refractivity contribution in [2.24, 2.45) is 0 Å². The molecule has 1 nitrogen and oxygen atoms in total. The molecule has 1 aromatic carbocycles. The lowest BCUT2D eigenvalue weighted by Crippen LogP contribution is -2.25. The number of fused-ring (bicyclic) bond motifs is 1. The zero-order valence-corrected chi connectivity index (χ0v) is 11.6. The molecule has 94 valence electrons. The molecular weight excluding hydrogens is 220 g/mol. The van der Waals surface area contributed by atoms with E-state index in [4.69, 9.17) is 4.42 Å². The molecule has 0 aliphatic heterocycles. The summed E-state index contributed by atoms with van der Waals surface area (Å²) in [4.78, 5) is 0. The highest BCUT2D eigenvalue weighted by molar-refractivity contribution is 5.44. The van der Waals surface area contributed by atoms with E-state index in [9.17, 15) is 0 Å². The zero-order chi connectivity index (χ0) is 12.9. The van der Waals surface area contributed by atoms with Crippen LogP contribution in [-0.4, -0.2) is 0 Å². The van der Waals surface area contributed by atoms with Crippen molar-refractivity contribution in [3.63, 3.8) is 0 Å². The number of furan rings is 1. The molecule has 1 heteroatoms. The highest BCUT2D eigenvalue weighted by Gasteiger charge is 2.43. The molecule has 2 aromatic rings.